The lowest BCUT2D eigenvalue weighted by Gasteiger charge is -2.29. The van der Waals surface area contributed by atoms with Crippen molar-refractivity contribution in [3.8, 4) is 22.3 Å². The molecule has 0 spiro atoms. The van der Waals surface area contributed by atoms with Gasteiger partial charge < -0.3 is 9.32 Å². The molecule has 2 heterocycles. The minimum absolute atomic E-state index is 0.115. The van der Waals surface area contributed by atoms with Crippen molar-refractivity contribution in [3.05, 3.63) is 174 Å². The summed E-state index contributed by atoms with van der Waals surface area (Å²) in [5.41, 5.74) is 15.6. The number of para-hydroxylation sites is 1. The normalized spacial score (nSPS) is 14.8. The van der Waals surface area contributed by atoms with Gasteiger partial charge in [-0.2, -0.15) is 0 Å². The van der Waals surface area contributed by atoms with Crippen LogP contribution in [0.4, 0.5) is 17.1 Å². The number of thiophene rings is 1. The van der Waals surface area contributed by atoms with Crippen LogP contribution in [-0.2, 0) is 10.8 Å². The summed E-state index contributed by atoms with van der Waals surface area (Å²) in [5, 5.41) is 7.51. The first-order valence-electron chi connectivity index (χ1n) is 19.3. The lowest BCUT2D eigenvalue weighted by Crippen LogP contribution is -2.17. The number of rotatable bonds is 3. The third kappa shape index (κ3) is 4.09. The molecule has 0 fully saturated rings. The second-order valence-electron chi connectivity index (χ2n) is 16.5. The molecule has 2 aliphatic carbocycles. The third-order valence-electron chi connectivity index (χ3n) is 12.8. The van der Waals surface area contributed by atoms with Crippen LogP contribution in [-0.4, -0.2) is 0 Å². The van der Waals surface area contributed by atoms with Crippen LogP contribution in [0.5, 0.6) is 0 Å². The van der Waals surface area contributed by atoms with E-state index in [1.165, 1.54) is 86.2 Å². The fourth-order valence-corrected chi connectivity index (χ4v) is 11.3. The molecular weight excluding hydrogens is 687 g/mol. The van der Waals surface area contributed by atoms with Gasteiger partial charge in [0.15, 0.2) is 0 Å². The Balaban J connectivity index is 1.14. The van der Waals surface area contributed by atoms with E-state index < -0.39 is 0 Å². The molecule has 0 bridgehead atoms. The first kappa shape index (κ1) is 31.2. The first-order valence-corrected chi connectivity index (χ1v) is 20.1. The Morgan fingerprint density at radius 2 is 1.07 bits per heavy atom. The molecule has 0 saturated carbocycles. The SMILES string of the molecule is CC1(C)c2ccccc2-c2ccc(N(c3ccc4c(c3)-c3c(c5ccccc5c5c3oc3ccccc35)C4(C)C)c3ccc4sc5ccccc5c4c3)cc21. The maximum absolute atomic E-state index is 6.90. The highest BCUT2D eigenvalue weighted by atomic mass is 32.1. The molecule has 0 N–H and O–H groups in total. The maximum Gasteiger partial charge on any atom is 0.144 e. The predicted molar refractivity (Wildman–Crippen MR) is 234 cm³/mol. The van der Waals surface area contributed by atoms with Crippen LogP contribution >= 0.6 is 11.3 Å². The van der Waals surface area contributed by atoms with E-state index >= 15 is 0 Å². The van der Waals surface area contributed by atoms with Crippen molar-refractivity contribution in [3.63, 3.8) is 0 Å². The van der Waals surface area contributed by atoms with Crippen LogP contribution in [0, 0.1) is 0 Å². The van der Waals surface area contributed by atoms with Crippen LogP contribution in [0.2, 0.25) is 0 Å². The van der Waals surface area contributed by atoms with E-state index in [2.05, 4.69) is 184 Å². The molecule has 0 unspecified atom stereocenters. The molecule has 0 saturated heterocycles. The van der Waals surface area contributed by atoms with Crippen molar-refractivity contribution in [2.45, 2.75) is 38.5 Å². The topological polar surface area (TPSA) is 16.4 Å². The summed E-state index contributed by atoms with van der Waals surface area (Å²) >= 11 is 1.87. The minimum Gasteiger partial charge on any atom is -0.455 e. The van der Waals surface area contributed by atoms with Crippen molar-refractivity contribution in [2.24, 2.45) is 0 Å². The number of hydrogen-bond donors (Lipinski definition) is 0. The number of furan rings is 1. The highest BCUT2D eigenvalue weighted by Gasteiger charge is 2.41. The van der Waals surface area contributed by atoms with Crippen LogP contribution < -0.4 is 4.90 Å². The highest BCUT2D eigenvalue weighted by molar-refractivity contribution is 7.25. The summed E-state index contributed by atoms with van der Waals surface area (Å²) in [7, 11) is 0. The third-order valence-corrected chi connectivity index (χ3v) is 14.0. The van der Waals surface area contributed by atoms with Crippen molar-refractivity contribution in [1.29, 1.82) is 0 Å². The molecule has 55 heavy (non-hydrogen) atoms. The Hall–Kier alpha value is -6.16. The molecule has 0 aliphatic heterocycles. The van der Waals surface area contributed by atoms with Gasteiger partial charge in [0.2, 0.25) is 0 Å². The molecule has 262 valence electrons. The molecule has 10 aromatic rings. The van der Waals surface area contributed by atoms with Gasteiger partial charge >= 0.3 is 0 Å². The van der Waals surface area contributed by atoms with E-state index in [1.807, 2.05) is 11.3 Å². The van der Waals surface area contributed by atoms with Gasteiger partial charge in [-0.05, 0) is 104 Å². The molecule has 0 amide bonds. The zero-order chi connectivity index (χ0) is 36.8. The van der Waals surface area contributed by atoms with Gasteiger partial charge in [-0.15, -0.1) is 11.3 Å². The highest BCUT2D eigenvalue weighted by Crippen LogP contribution is 2.58. The van der Waals surface area contributed by atoms with E-state index in [9.17, 15) is 0 Å². The number of anilines is 3. The Labute approximate surface area is 323 Å². The standard InChI is InChI=1S/C52H37NOS/c1-51(2)41-18-10-7-13-33(41)34-24-21-32(29-43(34)51)53(31-23-26-46-39(27-31)35-14-9-12-20-45(35)55-46)30-22-25-42-40(28-30)48-49(52(42,3)4)37-16-6-5-15-36(37)47-38-17-8-11-19-44(38)54-50(47)48/h5-29H,1-4H3. The number of hydrogen-bond acceptors (Lipinski definition) is 3. The van der Waals surface area contributed by atoms with Crippen LogP contribution in [0.25, 0.3) is 75.1 Å². The van der Waals surface area contributed by atoms with E-state index in [-0.39, 0.29) is 10.8 Å². The van der Waals surface area contributed by atoms with Gasteiger partial charge in [0.1, 0.15) is 11.2 Å². The lowest BCUT2D eigenvalue weighted by molar-refractivity contribution is 0.657. The average molecular weight is 724 g/mol. The zero-order valence-corrected chi connectivity index (χ0v) is 32.0. The summed E-state index contributed by atoms with van der Waals surface area (Å²) in [4.78, 5) is 2.48. The second-order valence-corrected chi connectivity index (χ2v) is 17.6. The van der Waals surface area contributed by atoms with Gasteiger partial charge in [0.25, 0.3) is 0 Å². The number of benzene rings is 8. The Bertz CT molecular complexity index is 3280. The molecule has 3 heteroatoms. The largest absolute Gasteiger partial charge is 0.455 e. The van der Waals surface area contributed by atoms with Gasteiger partial charge in [-0.25, -0.2) is 0 Å². The van der Waals surface area contributed by atoms with Gasteiger partial charge in [-0.3, -0.25) is 0 Å². The average Bonchev–Trinajstić information content (AvgIpc) is 3.91. The molecule has 0 atom stereocenters. The zero-order valence-electron chi connectivity index (χ0n) is 31.2. The van der Waals surface area contributed by atoms with E-state index in [0.29, 0.717) is 0 Å². The van der Waals surface area contributed by atoms with Crippen molar-refractivity contribution in [2.75, 3.05) is 4.90 Å². The Morgan fingerprint density at radius 1 is 0.455 bits per heavy atom. The fraction of sp³-hybridized carbons (Fsp3) is 0.115. The molecular formula is C52H37NOS. The summed E-state index contributed by atoms with van der Waals surface area (Å²) < 4.78 is 9.52. The van der Waals surface area contributed by atoms with E-state index in [1.54, 1.807) is 0 Å². The predicted octanol–water partition coefficient (Wildman–Crippen LogP) is 15.2. The summed E-state index contributed by atoms with van der Waals surface area (Å²) in [5.74, 6) is 0. The van der Waals surface area contributed by atoms with Crippen LogP contribution in [0.3, 0.4) is 0 Å². The van der Waals surface area contributed by atoms with Gasteiger partial charge in [-0.1, -0.05) is 125 Å². The van der Waals surface area contributed by atoms with Crippen LogP contribution in [0.15, 0.2) is 156 Å². The monoisotopic (exact) mass is 723 g/mol. The van der Waals surface area contributed by atoms with E-state index in [4.69, 9.17) is 4.42 Å². The maximum atomic E-state index is 6.90. The summed E-state index contributed by atoms with van der Waals surface area (Å²) in [6, 6.07) is 56.4. The van der Waals surface area contributed by atoms with Crippen molar-refractivity contribution < 1.29 is 4.42 Å². The summed E-state index contributed by atoms with van der Waals surface area (Å²) in [6.45, 7) is 9.50. The van der Waals surface area contributed by atoms with E-state index in [0.717, 1.165) is 28.2 Å². The molecule has 8 aromatic carbocycles. The quantitative estimate of drug-likeness (QED) is 0.180. The fourth-order valence-electron chi connectivity index (χ4n) is 10.3. The van der Waals surface area contributed by atoms with Gasteiger partial charge in [0.05, 0.1) is 0 Å². The number of fused-ring (bicyclic) bond motifs is 16. The lowest BCUT2D eigenvalue weighted by atomic mass is 9.79. The Morgan fingerprint density at radius 3 is 1.95 bits per heavy atom. The Kier molecular flexibility index (Phi) is 6.10. The molecule has 0 radical (unpaired) electrons. The smallest absolute Gasteiger partial charge is 0.144 e. The van der Waals surface area contributed by atoms with Crippen molar-refractivity contribution >= 4 is 81.3 Å². The minimum atomic E-state index is -0.224. The number of nitrogens with zero attached hydrogens (tertiary/aromatic N) is 1. The van der Waals surface area contributed by atoms with Gasteiger partial charge in [0, 0.05) is 64.4 Å². The van der Waals surface area contributed by atoms with Crippen molar-refractivity contribution in [1.82, 2.24) is 0 Å². The first-order chi connectivity index (χ1) is 26.8. The molecule has 2 aliphatic rings. The van der Waals surface area contributed by atoms with Crippen LogP contribution in [0.1, 0.15) is 49.9 Å². The molecule has 2 aromatic heterocycles. The second kappa shape index (κ2) is 10.7. The summed E-state index contributed by atoms with van der Waals surface area (Å²) in [6.07, 6.45) is 0. The molecule has 12 rings (SSSR count). The molecule has 2 nitrogen and oxygen atoms in total.